The van der Waals surface area contributed by atoms with Gasteiger partial charge in [-0.1, -0.05) is 5.21 Å². The maximum atomic E-state index is 11.8. The smallest absolute Gasteiger partial charge is 0.273 e. The van der Waals surface area contributed by atoms with Gasteiger partial charge in [-0.25, -0.2) is 0 Å². The average Bonchev–Trinajstić information content (AvgIpc) is 2.89. The Morgan fingerprint density at radius 3 is 3.21 bits per heavy atom. The molecule has 2 rings (SSSR count). The van der Waals surface area contributed by atoms with E-state index < -0.39 is 0 Å². The predicted molar refractivity (Wildman–Crippen MR) is 69.6 cm³/mol. The third kappa shape index (κ3) is 4.29. The molecule has 1 unspecified atom stereocenters. The number of rotatable bonds is 6. The summed E-state index contributed by atoms with van der Waals surface area (Å²) < 4.78 is 7.17. The minimum absolute atomic E-state index is 0.195. The van der Waals surface area contributed by atoms with E-state index >= 15 is 0 Å². The van der Waals surface area contributed by atoms with Gasteiger partial charge in [-0.2, -0.15) is 0 Å². The molecule has 1 aliphatic rings. The second kappa shape index (κ2) is 7.20. The molecule has 2 heterocycles. The van der Waals surface area contributed by atoms with Crippen LogP contribution >= 0.6 is 0 Å². The summed E-state index contributed by atoms with van der Waals surface area (Å²) in [6, 6.07) is 0. The van der Waals surface area contributed by atoms with E-state index in [4.69, 9.17) is 10.5 Å². The maximum absolute atomic E-state index is 11.8. The van der Waals surface area contributed by atoms with Gasteiger partial charge in [-0.05, 0) is 25.7 Å². The lowest BCUT2D eigenvalue weighted by Gasteiger charge is -2.22. The molecule has 19 heavy (non-hydrogen) atoms. The molecule has 7 nitrogen and oxygen atoms in total. The first-order chi connectivity index (χ1) is 9.29. The zero-order valence-corrected chi connectivity index (χ0v) is 11.0. The first kappa shape index (κ1) is 14.0. The molecule has 106 valence electrons. The number of carbonyl (C=O) groups excluding carboxylic acids is 1. The van der Waals surface area contributed by atoms with Crippen molar-refractivity contribution in [1.29, 1.82) is 0 Å². The van der Waals surface area contributed by atoms with E-state index in [9.17, 15) is 4.79 Å². The van der Waals surface area contributed by atoms with Crippen LogP contribution in [-0.4, -0.2) is 46.7 Å². The lowest BCUT2D eigenvalue weighted by atomic mass is 10.1. The van der Waals surface area contributed by atoms with Crippen molar-refractivity contribution in [3.8, 4) is 0 Å². The van der Waals surface area contributed by atoms with Crippen LogP contribution in [0.15, 0.2) is 6.20 Å². The monoisotopic (exact) mass is 267 g/mol. The van der Waals surface area contributed by atoms with Crippen molar-refractivity contribution in [1.82, 2.24) is 20.3 Å². The number of aromatic nitrogens is 3. The van der Waals surface area contributed by atoms with Crippen molar-refractivity contribution in [2.75, 3.05) is 19.7 Å². The van der Waals surface area contributed by atoms with Crippen molar-refractivity contribution in [2.24, 2.45) is 5.73 Å². The molecule has 1 fully saturated rings. The van der Waals surface area contributed by atoms with E-state index in [1.165, 1.54) is 6.42 Å². The molecule has 1 aromatic rings. The summed E-state index contributed by atoms with van der Waals surface area (Å²) in [5, 5.41) is 10.5. The summed E-state index contributed by atoms with van der Waals surface area (Å²) in [4.78, 5) is 11.8. The van der Waals surface area contributed by atoms with Crippen molar-refractivity contribution >= 4 is 5.91 Å². The number of carbonyl (C=O) groups is 1. The molecule has 1 atom stereocenters. The first-order valence-corrected chi connectivity index (χ1v) is 6.79. The van der Waals surface area contributed by atoms with E-state index in [0.717, 1.165) is 25.9 Å². The van der Waals surface area contributed by atoms with Crippen LogP contribution in [0.5, 0.6) is 0 Å². The topological polar surface area (TPSA) is 95.1 Å². The summed E-state index contributed by atoms with van der Waals surface area (Å²) in [5.74, 6) is -0.195. The summed E-state index contributed by atoms with van der Waals surface area (Å²) in [7, 11) is 0. The Morgan fingerprint density at radius 1 is 1.58 bits per heavy atom. The third-order valence-electron chi connectivity index (χ3n) is 3.16. The summed E-state index contributed by atoms with van der Waals surface area (Å²) in [6.07, 6.45) is 6.19. The molecular weight excluding hydrogens is 246 g/mol. The highest BCUT2D eigenvalue weighted by atomic mass is 16.5. The van der Waals surface area contributed by atoms with Gasteiger partial charge >= 0.3 is 0 Å². The van der Waals surface area contributed by atoms with Crippen molar-refractivity contribution < 1.29 is 9.53 Å². The minimum atomic E-state index is -0.195. The van der Waals surface area contributed by atoms with Crippen LogP contribution in [0.1, 0.15) is 36.2 Å². The minimum Gasteiger partial charge on any atom is -0.378 e. The van der Waals surface area contributed by atoms with Gasteiger partial charge in [-0.3, -0.25) is 9.48 Å². The van der Waals surface area contributed by atoms with Crippen molar-refractivity contribution in [3.05, 3.63) is 11.9 Å². The summed E-state index contributed by atoms with van der Waals surface area (Å²) in [6.45, 7) is 2.49. The van der Waals surface area contributed by atoms with E-state index in [1.54, 1.807) is 10.9 Å². The lowest BCUT2D eigenvalue weighted by molar-refractivity contribution is 0.0117. The fraction of sp³-hybridized carbons (Fsp3) is 0.750. The molecule has 0 aliphatic carbocycles. The van der Waals surface area contributed by atoms with Crippen LogP contribution in [0.4, 0.5) is 0 Å². The number of ether oxygens (including phenoxy) is 1. The largest absolute Gasteiger partial charge is 0.378 e. The van der Waals surface area contributed by atoms with Crippen molar-refractivity contribution in [3.63, 3.8) is 0 Å². The standard InChI is InChI=1S/C12H21N5O2/c13-5-7-17-9-11(15-16-17)12(18)14-6-4-10-3-1-2-8-19-10/h9-10H,1-8,13H2,(H,14,18). The Morgan fingerprint density at radius 2 is 2.47 bits per heavy atom. The molecule has 0 radical (unpaired) electrons. The van der Waals surface area contributed by atoms with Crippen LogP contribution in [0.3, 0.4) is 0 Å². The predicted octanol–water partition coefficient (Wildman–Crippen LogP) is -0.0742. The second-order valence-corrected chi connectivity index (χ2v) is 4.69. The molecular formula is C12H21N5O2. The number of hydrogen-bond acceptors (Lipinski definition) is 5. The first-order valence-electron chi connectivity index (χ1n) is 6.79. The zero-order chi connectivity index (χ0) is 13.5. The van der Waals surface area contributed by atoms with Gasteiger partial charge < -0.3 is 15.8 Å². The number of nitrogens with zero attached hydrogens (tertiary/aromatic N) is 3. The van der Waals surface area contributed by atoms with Crippen LogP contribution < -0.4 is 11.1 Å². The fourth-order valence-electron chi connectivity index (χ4n) is 2.12. The van der Waals surface area contributed by atoms with Crippen molar-refractivity contribution in [2.45, 2.75) is 38.3 Å². The molecule has 1 aliphatic heterocycles. The van der Waals surface area contributed by atoms with Crippen LogP contribution in [0.25, 0.3) is 0 Å². The fourth-order valence-corrected chi connectivity index (χ4v) is 2.12. The van der Waals surface area contributed by atoms with E-state index in [-0.39, 0.29) is 12.0 Å². The van der Waals surface area contributed by atoms with Gasteiger partial charge in [0.05, 0.1) is 18.8 Å². The van der Waals surface area contributed by atoms with E-state index in [1.807, 2.05) is 0 Å². The number of nitrogens with one attached hydrogen (secondary N) is 1. The molecule has 0 saturated carbocycles. The maximum Gasteiger partial charge on any atom is 0.273 e. The Labute approximate surface area is 112 Å². The Hall–Kier alpha value is -1.47. The third-order valence-corrected chi connectivity index (χ3v) is 3.16. The highest BCUT2D eigenvalue weighted by Gasteiger charge is 2.15. The quantitative estimate of drug-likeness (QED) is 0.752. The molecule has 1 amide bonds. The highest BCUT2D eigenvalue weighted by molar-refractivity contribution is 5.91. The molecule has 3 N–H and O–H groups in total. The zero-order valence-electron chi connectivity index (χ0n) is 11.0. The molecule has 1 aromatic heterocycles. The van der Waals surface area contributed by atoms with Gasteiger partial charge in [0.2, 0.25) is 0 Å². The second-order valence-electron chi connectivity index (χ2n) is 4.69. The Balaban J connectivity index is 1.70. The van der Waals surface area contributed by atoms with E-state index in [2.05, 4.69) is 15.6 Å². The molecule has 1 saturated heterocycles. The van der Waals surface area contributed by atoms with Crippen LogP contribution in [-0.2, 0) is 11.3 Å². The number of nitrogens with two attached hydrogens (primary N) is 1. The molecule has 0 spiro atoms. The number of amides is 1. The van der Waals surface area contributed by atoms with Gasteiger partial charge in [0.15, 0.2) is 5.69 Å². The summed E-state index contributed by atoms with van der Waals surface area (Å²) in [5.41, 5.74) is 5.74. The van der Waals surface area contributed by atoms with Gasteiger partial charge in [-0.15, -0.1) is 5.10 Å². The summed E-state index contributed by atoms with van der Waals surface area (Å²) >= 11 is 0. The van der Waals surface area contributed by atoms with Crippen LogP contribution in [0, 0.1) is 0 Å². The molecule has 0 aromatic carbocycles. The highest BCUT2D eigenvalue weighted by Crippen LogP contribution is 2.14. The van der Waals surface area contributed by atoms with Gasteiger partial charge in [0, 0.05) is 19.7 Å². The van der Waals surface area contributed by atoms with Gasteiger partial charge in [0.1, 0.15) is 0 Å². The Kier molecular flexibility index (Phi) is 5.29. The SMILES string of the molecule is NCCn1cc(C(=O)NCCC2CCCCO2)nn1. The lowest BCUT2D eigenvalue weighted by Crippen LogP contribution is -2.29. The van der Waals surface area contributed by atoms with Crippen LogP contribution in [0.2, 0.25) is 0 Å². The molecule has 0 bridgehead atoms. The average molecular weight is 267 g/mol. The molecule has 7 heteroatoms. The Bertz CT molecular complexity index is 401. The number of hydrogen-bond donors (Lipinski definition) is 2. The van der Waals surface area contributed by atoms with Gasteiger partial charge in [0.25, 0.3) is 5.91 Å². The normalized spacial score (nSPS) is 19.3. The van der Waals surface area contributed by atoms with E-state index in [0.29, 0.717) is 25.3 Å².